The highest BCUT2D eigenvalue weighted by molar-refractivity contribution is 5.21. The summed E-state index contributed by atoms with van der Waals surface area (Å²) in [5.41, 5.74) is 2.29. The Hall–Kier alpha value is -0.560. The van der Waals surface area contributed by atoms with E-state index in [1.54, 1.807) is 0 Å². The molecule has 61 valence electrons. The van der Waals surface area contributed by atoms with Crippen LogP contribution in [0.4, 0.5) is 0 Å². The standard InChI is InChI=1S/C10H15O/c1-7(2)9-5-4-8(3)6-10(9)11/h4-5,9-11H,1,6H2,2-3H3. The lowest BCUT2D eigenvalue weighted by Crippen LogP contribution is -2.24. The van der Waals surface area contributed by atoms with Crippen molar-refractivity contribution in [3.8, 4) is 0 Å². The lowest BCUT2D eigenvalue weighted by Gasteiger charge is -2.26. The molecule has 0 amide bonds. The summed E-state index contributed by atoms with van der Waals surface area (Å²) in [6.07, 6.45) is 4.64. The van der Waals surface area contributed by atoms with E-state index in [4.69, 9.17) is 0 Å². The molecular formula is C10H15O. The number of aliphatic hydroxyl groups excluding tert-OH is 1. The first kappa shape index (κ1) is 8.54. The minimum Gasteiger partial charge on any atom is -0.392 e. The maximum atomic E-state index is 9.58. The van der Waals surface area contributed by atoms with E-state index in [0.29, 0.717) is 0 Å². The predicted octanol–water partition coefficient (Wildman–Crippen LogP) is 2.09. The van der Waals surface area contributed by atoms with Crippen LogP contribution in [0.3, 0.4) is 0 Å². The lowest BCUT2D eigenvalue weighted by molar-refractivity contribution is 0.136. The molecule has 1 N–H and O–H groups in total. The van der Waals surface area contributed by atoms with Gasteiger partial charge in [-0.2, -0.15) is 0 Å². The second kappa shape index (κ2) is 3.22. The van der Waals surface area contributed by atoms with E-state index >= 15 is 0 Å². The third-order valence-electron chi connectivity index (χ3n) is 2.10. The third kappa shape index (κ3) is 1.93. The zero-order chi connectivity index (χ0) is 8.43. The molecule has 0 heterocycles. The Morgan fingerprint density at radius 3 is 2.82 bits per heavy atom. The topological polar surface area (TPSA) is 20.2 Å². The van der Waals surface area contributed by atoms with E-state index < -0.39 is 0 Å². The molecule has 2 unspecified atom stereocenters. The van der Waals surface area contributed by atoms with Gasteiger partial charge in [0.15, 0.2) is 0 Å². The second-order valence-electron chi connectivity index (χ2n) is 3.35. The van der Waals surface area contributed by atoms with Crippen molar-refractivity contribution < 1.29 is 5.11 Å². The first-order valence-corrected chi connectivity index (χ1v) is 3.95. The Labute approximate surface area is 68.4 Å². The van der Waals surface area contributed by atoms with Gasteiger partial charge in [0.2, 0.25) is 0 Å². The Kier molecular flexibility index (Phi) is 2.50. The average molecular weight is 151 g/mol. The van der Waals surface area contributed by atoms with Crippen LogP contribution in [0.15, 0.2) is 23.8 Å². The molecule has 1 radical (unpaired) electrons. The first-order chi connectivity index (χ1) is 5.11. The molecule has 0 fully saturated rings. The van der Waals surface area contributed by atoms with Gasteiger partial charge in [-0.15, -0.1) is 0 Å². The minimum absolute atomic E-state index is 0.165. The molecule has 0 aromatic carbocycles. The molecule has 0 aliphatic heterocycles. The fourth-order valence-corrected chi connectivity index (χ4v) is 1.41. The highest BCUT2D eigenvalue weighted by Crippen LogP contribution is 2.27. The number of hydrogen-bond donors (Lipinski definition) is 1. The first-order valence-electron chi connectivity index (χ1n) is 3.95. The molecular weight excluding hydrogens is 136 g/mol. The SMILES string of the molecule is C=C(C)C1[CH]C=C(C)CC1O. The van der Waals surface area contributed by atoms with Gasteiger partial charge >= 0.3 is 0 Å². The molecule has 0 spiro atoms. The maximum absolute atomic E-state index is 9.58. The van der Waals surface area contributed by atoms with Crippen LogP contribution in [-0.2, 0) is 0 Å². The minimum atomic E-state index is -0.252. The molecule has 0 bridgehead atoms. The van der Waals surface area contributed by atoms with Gasteiger partial charge in [0.25, 0.3) is 0 Å². The molecule has 0 saturated carbocycles. The Morgan fingerprint density at radius 1 is 1.73 bits per heavy atom. The summed E-state index contributed by atoms with van der Waals surface area (Å²) in [7, 11) is 0. The summed E-state index contributed by atoms with van der Waals surface area (Å²) in [4.78, 5) is 0. The normalized spacial score (nSPS) is 31.4. The van der Waals surface area contributed by atoms with E-state index in [9.17, 15) is 5.11 Å². The molecule has 0 aromatic rings. The maximum Gasteiger partial charge on any atom is 0.0648 e. The van der Waals surface area contributed by atoms with Crippen LogP contribution >= 0.6 is 0 Å². The van der Waals surface area contributed by atoms with Gasteiger partial charge in [0.05, 0.1) is 6.10 Å². The molecule has 1 heteroatoms. The molecule has 1 rings (SSSR count). The van der Waals surface area contributed by atoms with Crippen LogP contribution in [-0.4, -0.2) is 11.2 Å². The molecule has 1 aliphatic rings. The lowest BCUT2D eigenvalue weighted by atomic mass is 9.83. The fraction of sp³-hybridized carbons (Fsp3) is 0.500. The van der Waals surface area contributed by atoms with Crippen molar-refractivity contribution in [2.45, 2.75) is 26.4 Å². The van der Waals surface area contributed by atoms with Crippen molar-refractivity contribution in [2.75, 3.05) is 0 Å². The van der Waals surface area contributed by atoms with Crippen molar-refractivity contribution in [1.29, 1.82) is 0 Å². The van der Waals surface area contributed by atoms with Crippen LogP contribution in [0.5, 0.6) is 0 Å². The Balaban J connectivity index is 2.65. The summed E-state index contributed by atoms with van der Waals surface area (Å²) in [6, 6.07) is 0. The zero-order valence-corrected chi connectivity index (χ0v) is 7.17. The van der Waals surface area contributed by atoms with E-state index in [1.165, 1.54) is 5.57 Å². The van der Waals surface area contributed by atoms with Crippen molar-refractivity contribution >= 4 is 0 Å². The van der Waals surface area contributed by atoms with Crippen LogP contribution < -0.4 is 0 Å². The summed E-state index contributed by atoms with van der Waals surface area (Å²) in [5, 5.41) is 9.58. The van der Waals surface area contributed by atoms with Gasteiger partial charge in [0.1, 0.15) is 0 Å². The molecule has 11 heavy (non-hydrogen) atoms. The second-order valence-corrected chi connectivity index (χ2v) is 3.35. The summed E-state index contributed by atoms with van der Waals surface area (Å²) in [5.74, 6) is 0.165. The summed E-state index contributed by atoms with van der Waals surface area (Å²) >= 11 is 0. The van der Waals surface area contributed by atoms with Gasteiger partial charge in [-0.25, -0.2) is 0 Å². The van der Waals surface area contributed by atoms with Crippen molar-refractivity contribution in [3.63, 3.8) is 0 Å². The van der Waals surface area contributed by atoms with E-state index in [0.717, 1.165) is 12.0 Å². The number of aliphatic hydroxyl groups is 1. The summed E-state index contributed by atoms with van der Waals surface area (Å²) in [6.45, 7) is 7.83. The number of hydrogen-bond acceptors (Lipinski definition) is 1. The van der Waals surface area contributed by atoms with Crippen LogP contribution in [0.2, 0.25) is 0 Å². The van der Waals surface area contributed by atoms with Gasteiger partial charge in [0, 0.05) is 5.92 Å². The Bertz CT molecular complexity index is 191. The van der Waals surface area contributed by atoms with Gasteiger partial charge < -0.3 is 5.11 Å². The fourth-order valence-electron chi connectivity index (χ4n) is 1.41. The summed E-state index contributed by atoms with van der Waals surface area (Å²) < 4.78 is 0. The zero-order valence-electron chi connectivity index (χ0n) is 7.17. The average Bonchev–Trinajstić information content (AvgIpc) is 1.85. The van der Waals surface area contributed by atoms with Gasteiger partial charge in [-0.05, 0) is 26.7 Å². The number of rotatable bonds is 1. The highest BCUT2D eigenvalue weighted by Gasteiger charge is 2.22. The predicted molar refractivity (Wildman–Crippen MR) is 47.0 cm³/mol. The Morgan fingerprint density at radius 2 is 2.36 bits per heavy atom. The van der Waals surface area contributed by atoms with Crippen LogP contribution in [0.25, 0.3) is 0 Å². The van der Waals surface area contributed by atoms with Gasteiger partial charge in [-0.3, -0.25) is 0 Å². The molecule has 1 aliphatic carbocycles. The third-order valence-corrected chi connectivity index (χ3v) is 2.10. The van der Waals surface area contributed by atoms with Crippen molar-refractivity contribution in [1.82, 2.24) is 0 Å². The van der Waals surface area contributed by atoms with Crippen molar-refractivity contribution in [3.05, 3.63) is 30.2 Å². The van der Waals surface area contributed by atoms with E-state index in [-0.39, 0.29) is 12.0 Å². The molecule has 0 saturated heterocycles. The molecule has 1 nitrogen and oxygen atoms in total. The number of allylic oxidation sites excluding steroid dienone is 1. The largest absolute Gasteiger partial charge is 0.392 e. The van der Waals surface area contributed by atoms with E-state index in [2.05, 4.69) is 12.7 Å². The monoisotopic (exact) mass is 151 g/mol. The quantitative estimate of drug-likeness (QED) is 0.569. The highest BCUT2D eigenvalue weighted by atomic mass is 16.3. The van der Waals surface area contributed by atoms with Crippen molar-refractivity contribution in [2.24, 2.45) is 5.92 Å². The van der Waals surface area contributed by atoms with Crippen LogP contribution in [0.1, 0.15) is 20.3 Å². The smallest absolute Gasteiger partial charge is 0.0648 e. The van der Waals surface area contributed by atoms with Gasteiger partial charge in [-0.1, -0.05) is 23.8 Å². The van der Waals surface area contributed by atoms with Crippen LogP contribution in [0, 0.1) is 12.3 Å². The van der Waals surface area contributed by atoms with E-state index in [1.807, 2.05) is 20.3 Å². The molecule has 0 aromatic heterocycles. The molecule has 2 atom stereocenters.